The van der Waals surface area contributed by atoms with E-state index in [9.17, 15) is 13.6 Å². The van der Waals surface area contributed by atoms with Crippen LogP contribution in [0.25, 0.3) is 0 Å². The van der Waals surface area contributed by atoms with Crippen LogP contribution in [0.5, 0.6) is 5.75 Å². The second-order valence-corrected chi connectivity index (χ2v) is 5.35. The molecule has 122 valence electrons. The van der Waals surface area contributed by atoms with Crippen molar-refractivity contribution < 1.29 is 18.3 Å². The van der Waals surface area contributed by atoms with Gasteiger partial charge in [0, 0.05) is 20.0 Å². The van der Waals surface area contributed by atoms with Gasteiger partial charge >= 0.3 is 0 Å². The van der Waals surface area contributed by atoms with Crippen molar-refractivity contribution in [2.24, 2.45) is 0 Å². The fourth-order valence-electron chi connectivity index (χ4n) is 2.30. The quantitative estimate of drug-likeness (QED) is 0.815. The molecule has 0 spiro atoms. The summed E-state index contributed by atoms with van der Waals surface area (Å²) in [6.45, 7) is 0.308. The van der Waals surface area contributed by atoms with Crippen molar-refractivity contribution in [3.63, 3.8) is 0 Å². The number of benzene rings is 2. The zero-order chi connectivity index (χ0) is 16.8. The van der Waals surface area contributed by atoms with Crippen molar-refractivity contribution in [1.82, 2.24) is 4.90 Å². The van der Waals surface area contributed by atoms with E-state index in [4.69, 9.17) is 4.74 Å². The molecule has 1 amide bonds. The summed E-state index contributed by atoms with van der Waals surface area (Å²) >= 11 is 0. The molecule has 0 fully saturated rings. The van der Waals surface area contributed by atoms with Crippen LogP contribution in [0, 0.1) is 11.6 Å². The van der Waals surface area contributed by atoms with Gasteiger partial charge in [-0.25, -0.2) is 8.78 Å². The number of amides is 1. The number of hydrogen-bond donors (Lipinski definition) is 0. The van der Waals surface area contributed by atoms with Crippen LogP contribution in [-0.2, 0) is 17.8 Å². The zero-order valence-corrected chi connectivity index (χ0v) is 13.2. The number of hydrogen-bond acceptors (Lipinski definition) is 2. The lowest BCUT2D eigenvalue weighted by Crippen LogP contribution is -2.26. The molecule has 2 aromatic rings. The van der Waals surface area contributed by atoms with Gasteiger partial charge in [-0.05, 0) is 41.8 Å². The molecule has 5 heteroatoms. The highest BCUT2D eigenvalue weighted by Gasteiger charge is 2.11. The summed E-state index contributed by atoms with van der Waals surface area (Å²) < 4.78 is 31.6. The van der Waals surface area contributed by atoms with E-state index in [0.29, 0.717) is 18.5 Å². The summed E-state index contributed by atoms with van der Waals surface area (Å²) in [6, 6.07) is 10.8. The Kier molecular flexibility index (Phi) is 5.68. The molecule has 0 bridgehead atoms. The van der Waals surface area contributed by atoms with E-state index in [2.05, 4.69) is 0 Å². The highest BCUT2D eigenvalue weighted by molar-refractivity contribution is 5.76. The molecule has 0 aliphatic rings. The van der Waals surface area contributed by atoms with Gasteiger partial charge in [0.05, 0.1) is 7.11 Å². The number of rotatable bonds is 6. The number of carbonyl (C=O) groups is 1. The standard InChI is InChI=1S/C18H19F2NO2/c1-21(12-14-6-8-17(23-2)16(20)11-14)18(22)9-7-13-4-3-5-15(19)10-13/h3-6,8,10-11H,7,9,12H2,1-2H3. The molecule has 0 aliphatic carbocycles. The summed E-state index contributed by atoms with van der Waals surface area (Å²) in [5.74, 6) is -0.665. The first-order valence-corrected chi connectivity index (χ1v) is 7.30. The lowest BCUT2D eigenvalue weighted by atomic mass is 10.1. The van der Waals surface area contributed by atoms with E-state index >= 15 is 0 Å². The van der Waals surface area contributed by atoms with Gasteiger partial charge in [0.2, 0.25) is 5.91 Å². The third-order valence-corrected chi connectivity index (χ3v) is 3.58. The molecule has 0 unspecified atom stereocenters. The van der Waals surface area contributed by atoms with Gasteiger partial charge in [-0.2, -0.15) is 0 Å². The molecule has 2 aromatic carbocycles. The van der Waals surface area contributed by atoms with Crippen LogP contribution in [-0.4, -0.2) is 25.0 Å². The number of aryl methyl sites for hydroxylation is 1. The Hall–Kier alpha value is -2.43. The Morgan fingerprint density at radius 3 is 2.57 bits per heavy atom. The molecule has 0 aliphatic heterocycles. The van der Waals surface area contributed by atoms with Crippen molar-refractivity contribution in [3.8, 4) is 5.75 Å². The number of nitrogens with zero attached hydrogens (tertiary/aromatic N) is 1. The first kappa shape index (κ1) is 16.9. The smallest absolute Gasteiger partial charge is 0.222 e. The maximum absolute atomic E-state index is 13.6. The molecule has 0 atom stereocenters. The molecule has 2 rings (SSSR count). The lowest BCUT2D eigenvalue weighted by molar-refractivity contribution is -0.130. The Balaban J connectivity index is 1.91. The summed E-state index contributed by atoms with van der Waals surface area (Å²) in [6.07, 6.45) is 0.747. The van der Waals surface area contributed by atoms with Crippen LogP contribution in [0.4, 0.5) is 8.78 Å². The predicted molar refractivity (Wildman–Crippen MR) is 84.1 cm³/mol. The zero-order valence-electron chi connectivity index (χ0n) is 13.2. The van der Waals surface area contributed by atoms with Gasteiger partial charge in [-0.1, -0.05) is 18.2 Å². The van der Waals surface area contributed by atoms with Gasteiger partial charge in [0.25, 0.3) is 0 Å². The second kappa shape index (κ2) is 7.72. The Morgan fingerprint density at radius 1 is 1.13 bits per heavy atom. The van der Waals surface area contributed by atoms with Crippen molar-refractivity contribution in [2.75, 3.05) is 14.2 Å². The van der Waals surface area contributed by atoms with E-state index in [1.165, 1.54) is 36.3 Å². The van der Waals surface area contributed by atoms with Crippen molar-refractivity contribution in [1.29, 1.82) is 0 Å². The van der Waals surface area contributed by atoms with Crippen molar-refractivity contribution in [2.45, 2.75) is 19.4 Å². The minimum Gasteiger partial charge on any atom is -0.494 e. The van der Waals surface area contributed by atoms with Gasteiger partial charge in [0.1, 0.15) is 5.82 Å². The average Bonchev–Trinajstić information content (AvgIpc) is 2.53. The SMILES string of the molecule is COc1ccc(CN(C)C(=O)CCc2cccc(F)c2)cc1F. The van der Waals surface area contributed by atoms with E-state index in [0.717, 1.165) is 5.56 Å². The van der Waals surface area contributed by atoms with Gasteiger partial charge in [0.15, 0.2) is 11.6 Å². The maximum atomic E-state index is 13.6. The molecule has 0 saturated carbocycles. The lowest BCUT2D eigenvalue weighted by Gasteiger charge is -2.17. The number of carbonyl (C=O) groups excluding carboxylic acids is 1. The molecule has 23 heavy (non-hydrogen) atoms. The number of methoxy groups -OCH3 is 1. The monoisotopic (exact) mass is 319 g/mol. The molecule has 3 nitrogen and oxygen atoms in total. The molecular formula is C18H19F2NO2. The minimum absolute atomic E-state index is 0.0783. The average molecular weight is 319 g/mol. The fraction of sp³-hybridized carbons (Fsp3) is 0.278. The Morgan fingerprint density at radius 2 is 1.91 bits per heavy atom. The molecule has 0 aromatic heterocycles. The summed E-state index contributed by atoms with van der Waals surface area (Å²) in [5, 5.41) is 0. The summed E-state index contributed by atoms with van der Waals surface area (Å²) in [5.41, 5.74) is 1.46. The Bertz CT molecular complexity index is 688. The highest BCUT2D eigenvalue weighted by atomic mass is 19.1. The molecule has 0 N–H and O–H groups in total. The fourth-order valence-corrected chi connectivity index (χ4v) is 2.30. The van der Waals surface area contributed by atoms with Gasteiger partial charge in [-0.3, -0.25) is 4.79 Å². The van der Waals surface area contributed by atoms with Crippen LogP contribution in [0.1, 0.15) is 17.5 Å². The third kappa shape index (κ3) is 4.77. The first-order chi connectivity index (χ1) is 11.0. The summed E-state index contributed by atoms with van der Waals surface area (Å²) in [7, 11) is 3.07. The Labute approximate surface area is 134 Å². The van der Waals surface area contributed by atoms with Crippen LogP contribution < -0.4 is 4.74 Å². The van der Waals surface area contributed by atoms with Gasteiger partial charge < -0.3 is 9.64 Å². The van der Waals surface area contributed by atoms with Crippen molar-refractivity contribution in [3.05, 3.63) is 65.2 Å². The third-order valence-electron chi connectivity index (χ3n) is 3.58. The van der Waals surface area contributed by atoms with Crippen molar-refractivity contribution >= 4 is 5.91 Å². The topological polar surface area (TPSA) is 29.5 Å². The molecule has 0 saturated heterocycles. The number of ether oxygens (including phenoxy) is 1. The molecule has 0 heterocycles. The highest BCUT2D eigenvalue weighted by Crippen LogP contribution is 2.18. The molecule has 0 radical (unpaired) electrons. The second-order valence-electron chi connectivity index (χ2n) is 5.35. The van der Waals surface area contributed by atoms with E-state index < -0.39 is 5.82 Å². The van der Waals surface area contributed by atoms with E-state index in [1.54, 1.807) is 25.2 Å². The van der Waals surface area contributed by atoms with Crippen LogP contribution in [0.3, 0.4) is 0 Å². The predicted octanol–water partition coefficient (Wildman–Crippen LogP) is 3.56. The van der Waals surface area contributed by atoms with Gasteiger partial charge in [-0.15, -0.1) is 0 Å². The summed E-state index contributed by atoms with van der Waals surface area (Å²) in [4.78, 5) is 13.7. The number of halogens is 2. The minimum atomic E-state index is -0.453. The van der Waals surface area contributed by atoms with Crippen LogP contribution >= 0.6 is 0 Å². The van der Waals surface area contributed by atoms with Crippen LogP contribution in [0.2, 0.25) is 0 Å². The maximum Gasteiger partial charge on any atom is 0.222 e. The van der Waals surface area contributed by atoms with Crippen LogP contribution in [0.15, 0.2) is 42.5 Å². The first-order valence-electron chi connectivity index (χ1n) is 7.30. The van der Waals surface area contributed by atoms with E-state index in [-0.39, 0.29) is 23.9 Å². The normalized spacial score (nSPS) is 10.4. The molecular weight excluding hydrogens is 300 g/mol. The largest absolute Gasteiger partial charge is 0.494 e. The van der Waals surface area contributed by atoms with E-state index in [1.807, 2.05) is 0 Å².